The van der Waals surface area contributed by atoms with Gasteiger partial charge in [-0.2, -0.15) is 23.4 Å². The maximum Gasteiger partial charge on any atom is 0.433 e. The summed E-state index contributed by atoms with van der Waals surface area (Å²) in [5.74, 6) is -0.632. The van der Waals surface area contributed by atoms with E-state index in [0.29, 0.717) is 16.9 Å². The molecule has 1 unspecified atom stereocenters. The summed E-state index contributed by atoms with van der Waals surface area (Å²) in [5, 5.41) is 10.7. The van der Waals surface area contributed by atoms with Crippen molar-refractivity contribution >= 4 is 11.6 Å². The molecule has 0 aliphatic heterocycles. The van der Waals surface area contributed by atoms with Crippen LogP contribution < -0.4 is 5.32 Å². The molecule has 27 heavy (non-hydrogen) atoms. The molecular weight excluding hydrogens is 361 g/mol. The lowest BCUT2D eigenvalue weighted by Crippen LogP contribution is -2.31. The summed E-state index contributed by atoms with van der Waals surface area (Å²) >= 11 is 0. The summed E-state index contributed by atoms with van der Waals surface area (Å²) in [6.45, 7) is 5.35. The summed E-state index contributed by atoms with van der Waals surface area (Å²) in [6, 6.07) is 1.01. The third kappa shape index (κ3) is 4.09. The highest BCUT2D eigenvalue weighted by Crippen LogP contribution is 2.30. The lowest BCUT2D eigenvalue weighted by molar-refractivity contribution is -0.144. The summed E-state index contributed by atoms with van der Waals surface area (Å²) < 4.78 is 41.6. The van der Waals surface area contributed by atoms with Crippen LogP contribution in [0, 0.1) is 19.8 Å². The Morgan fingerprint density at radius 2 is 2.04 bits per heavy atom. The number of rotatable bonds is 5. The van der Waals surface area contributed by atoms with E-state index >= 15 is 0 Å². The van der Waals surface area contributed by atoms with Gasteiger partial charge in [0, 0.05) is 25.5 Å². The quantitative estimate of drug-likeness (QED) is 0.738. The van der Waals surface area contributed by atoms with E-state index in [0.717, 1.165) is 16.3 Å². The fraction of sp³-hybridized carbons (Fsp3) is 0.412. The number of aromatic nitrogens is 5. The van der Waals surface area contributed by atoms with E-state index in [4.69, 9.17) is 0 Å². The normalized spacial score (nSPS) is 13.1. The molecule has 0 saturated carbocycles. The predicted molar refractivity (Wildman–Crippen MR) is 91.2 cm³/mol. The van der Waals surface area contributed by atoms with Crippen LogP contribution in [0.4, 0.5) is 13.2 Å². The topological polar surface area (TPSA) is 77.1 Å². The molecule has 0 aliphatic carbocycles. The number of nitrogens with zero attached hydrogens (tertiary/aromatic N) is 5. The average molecular weight is 380 g/mol. The van der Waals surface area contributed by atoms with Crippen LogP contribution >= 0.6 is 0 Å². The van der Waals surface area contributed by atoms with Gasteiger partial charge in [-0.15, -0.1) is 0 Å². The minimum atomic E-state index is -4.47. The number of hydrogen-bond acceptors (Lipinski definition) is 4. The fourth-order valence-corrected chi connectivity index (χ4v) is 2.76. The van der Waals surface area contributed by atoms with Gasteiger partial charge in [-0.3, -0.25) is 9.48 Å². The van der Waals surface area contributed by atoms with Crippen molar-refractivity contribution < 1.29 is 18.0 Å². The van der Waals surface area contributed by atoms with Crippen molar-refractivity contribution in [3.63, 3.8) is 0 Å². The van der Waals surface area contributed by atoms with Crippen LogP contribution in [-0.4, -0.2) is 36.8 Å². The number of carbonyl (C=O) groups is 1. The largest absolute Gasteiger partial charge is 0.433 e. The molecule has 1 amide bonds. The van der Waals surface area contributed by atoms with Crippen molar-refractivity contribution in [3.05, 3.63) is 47.2 Å². The fourth-order valence-electron chi connectivity index (χ4n) is 2.76. The highest BCUT2D eigenvalue weighted by molar-refractivity contribution is 5.99. The summed E-state index contributed by atoms with van der Waals surface area (Å²) in [5.41, 5.74) is 1.15. The maximum absolute atomic E-state index is 13.0. The van der Waals surface area contributed by atoms with Crippen LogP contribution in [0.2, 0.25) is 0 Å². The summed E-state index contributed by atoms with van der Waals surface area (Å²) in [4.78, 5) is 16.6. The first-order chi connectivity index (χ1) is 12.6. The number of nitrogens with one attached hydrogen (secondary N) is 1. The molecule has 0 radical (unpaired) electrons. The van der Waals surface area contributed by atoms with Crippen LogP contribution in [0.1, 0.15) is 34.2 Å². The first-order valence-electron chi connectivity index (χ1n) is 8.35. The number of amides is 1. The van der Waals surface area contributed by atoms with Crippen molar-refractivity contribution in [1.82, 2.24) is 29.7 Å². The number of fused-ring (bicyclic) bond motifs is 1. The Balaban J connectivity index is 1.65. The summed E-state index contributed by atoms with van der Waals surface area (Å²) in [6.07, 6.45) is 0.334. The molecule has 0 bridgehead atoms. The molecule has 0 aromatic carbocycles. The molecule has 3 heterocycles. The molecule has 0 fully saturated rings. The Morgan fingerprint density at radius 1 is 1.30 bits per heavy atom. The molecule has 1 N–H and O–H groups in total. The van der Waals surface area contributed by atoms with E-state index in [9.17, 15) is 18.0 Å². The van der Waals surface area contributed by atoms with E-state index in [2.05, 4.69) is 20.5 Å². The Labute approximate surface area is 153 Å². The number of carbonyl (C=O) groups excluding carboxylic acids is 1. The van der Waals surface area contributed by atoms with Crippen molar-refractivity contribution in [2.45, 2.75) is 33.5 Å². The zero-order valence-corrected chi connectivity index (χ0v) is 15.1. The minimum absolute atomic E-state index is 0.0369. The minimum Gasteiger partial charge on any atom is -0.352 e. The molecule has 144 valence electrons. The van der Waals surface area contributed by atoms with E-state index in [1.807, 2.05) is 6.92 Å². The van der Waals surface area contributed by atoms with Crippen LogP contribution in [0.25, 0.3) is 5.65 Å². The Hall–Kier alpha value is -2.91. The van der Waals surface area contributed by atoms with Gasteiger partial charge in [0.15, 0.2) is 5.65 Å². The zero-order valence-electron chi connectivity index (χ0n) is 15.1. The molecule has 0 spiro atoms. The SMILES string of the molecule is Cc1cnc2c(C(=O)NCC(C)Cn3nc(C)cc3C(F)(F)F)cnn2c1. The smallest absolute Gasteiger partial charge is 0.352 e. The first-order valence-corrected chi connectivity index (χ1v) is 8.35. The Kier molecular flexibility index (Phi) is 4.90. The number of aryl methyl sites for hydroxylation is 2. The zero-order chi connectivity index (χ0) is 19.8. The lowest BCUT2D eigenvalue weighted by Gasteiger charge is -2.15. The van der Waals surface area contributed by atoms with Gasteiger partial charge in [0.05, 0.1) is 11.9 Å². The second-order valence-electron chi connectivity index (χ2n) is 6.62. The van der Waals surface area contributed by atoms with Gasteiger partial charge < -0.3 is 5.32 Å². The van der Waals surface area contributed by atoms with E-state index in [1.54, 1.807) is 19.3 Å². The molecule has 7 nitrogen and oxygen atoms in total. The Bertz CT molecular complexity index is 975. The average Bonchev–Trinajstić information content (AvgIpc) is 3.15. The van der Waals surface area contributed by atoms with Crippen molar-refractivity contribution in [2.24, 2.45) is 5.92 Å². The lowest BCUT2D eigenvalue weighted by atomic mass is 10.1. The summed E-state index contributed by atoms with van der Waals surface area (Å²) in [7, 11) is 0. The molecule has 3 aromatic heterocycles. The third-order valence-electron chi connectivity index (χ3n) is 4.02. The molecular formula is C17H19F3N6O. The standard InChI is InChI=1S/C17H19F3N6O/c1-10-5-21-15-13(7-23-26(15)9-10)16(27)22-6-11(2)8-25-14(17(18,19)20)4-12(3)24-25/h4-5,7,9,11H,6,8H2,1-3H3,(H,22,27). The van der Waals surface area contributed by atoms with Crippen molar-refractivity contribution in [1.29, 1.82) is 0 Å². The molecule has 3 aromatic rings. The monoisotopic (exact) mass is 380 g/mol. The van der Waals surface area contributed by atoms with Gasteiger partial charge in [0.1, 0.15) is 11.3 Å². The predicted octanol–water partition coefficient (Wildman–Crippen LogP) is 2.63. The van der Waals surface area contributed by atoms with Crippen LogP contribution in [-0.2, 0) is 12.7 Å². The first kappa shape index (κ1) is 18.9. The number of halogens is 3. The van der Waals surface area contributed by atoms with Gasteiger partial charge in [-0.05, 0) is 31.4 Å². The molecule has 1 atom stereocenters. The molecule has 3 rings (SSSR count). The second-order valence-corrected chi connectivity index (χ2v) is 6.62. The number of alkyl halides is 3. The highest BCUT2D eigenvalue weighted by Gasteiger charge is 2.35. The maximum atomic E-state index is 13.0. The van der Waals surface area contributed by atoms with E-state index in [-0.39, 0.29) is 24.9 Å². The third-order valence-corrected chi connectivity index (χ3v) is 4.02. The van der Waals surface area contributed by atoms with Crippen LogP contribution in [0.5, 0.6) is 0 Å². The van der Waals surface area contributed by atoms with Crippen molar-refractivity contribution in [3.8, 4) is 0 Å². The van der Waals surface area contributed by atoms with Gasteiger partial charge in [0.2, 0.25) is 0 Å². The Morgan fingerprint density at radius 3 is 2.74 bits per heavy atom. The highest BCUT2D eigenvalue weighted by atomic mass is 19.4. The van der Waals surface area contributed by atoms with Crippen molar-refractivity contribution in [2.75, 3.05) is 6.54 Å². The molecule has 0 saturated heterocycles. The van der Waals surface area contributed by atoms with E-state index < -0.39 is 11.9 Å². The van der Waals surface area contributed by atoms with Gasteiger partial charge in [-0.1, -0.05) is 6.92 Å². The molecule has 0 aliphatic rings. The second kappa shape index (κ2) is 7.01. The van der Waals surface area contributed by atoms with Crippen LogP contribution in [0.3, 0.4) is 0 Å². The van der Waals surface area contributed by atoms with Gasteiger partial charge in [-0.25, -0.2) is 9.50 Å². The van der Waals surface area contributed by atoms with Gasteiger partial charge >= 0.3 is 6.18 Å². The number of hydrogen-bond donors (Lipinski definition) is 1. The molecule has 10 heteroatoms. The van der Waals surface area contributed by atoms with Gasteiger partial charge in [0.25, 0.3) is 5.91 Å². The van der Waals surface area contributed by atoms with E-state index in [1.165, 1.54) is 17.6 Å². The van der Waals surface area contributed by atoms with Crippen LogP contribution in [0.15, 0.2) is 24.7 Å².